The van der Waals surface area contributed by atoms with Gasteiger partial charge in [0.25, 0.3) is 5.69 Å². The van der Waals surface area contributed by atoms with E-state index in [1.165, 1.54) is 12.1 Å². The van der Waals surface area contributed by atoms with Crippen molar-refractivity contribution in [2.75, 3.05) is 18.0 Å². The van der Waals surface area contributed by atoms with E-state index in [2.05, 4.69) is 0 Å². The zero-order valence-corrected chi connectivity index (χ0v) is 10.4. The van der Waals surface area contributed by atoms with Gasteiger partial charge in [0, 0.05) is 24.4 Å². The van der Waals surface area contributed by atoms with Crippen LogP contribution in [0.5, 0.6) is 0 Å². The van der Waals surface area contributed by atoms with E-state index >= 15 is 0 Å². The Morgan fingerprint density at radius 3 is 2.67 bits per heavy atom. The number of nitro groups is 1. The fourth-order valence-corrected chi connectivity index (χ4v) is 1.77. The minimum Gasteiger partial charge on any atom is -0.480 e. The smallest absolute Gasteiger partial charge is 0.323 e. The average molecular weight is 252 g/mol. The first-order valence-electron chi connectivity index (χ1n) is 5.67. The molecule has 1 aromatic carbocycles. The molecule has 0 atom stereocenters. The molecule has 0 saturated carbocycles. The second-order valence-corrected chi connectivity index (χ2v) is 4.04. The predicted octanol–water partition coefficient (Wildman–Crippen LogP) is 2.20. The standard InChI is InChI=1S/C12H16N2O4/c1-3-6-13(8-12(15)16)11-7-10(14(17)18)5-4-9(11)2/h4-5,7H,3,6,8H2,1-2H3,(H,15,16). The van der Waals surface area contributed by atoms with E-state index in [0.29, 0.717) is 12.2 Å². The summed E-state index contributed by atoms with van der Waals surface area (Å²) in [6, 6.07) is 4.48. The van der Waals surface area contributed by atoms with Crippen molar-refractivity contribution in [3.63, 3.8) is 0 Å². The zero-order valence-electron chi connectivity index (χ0n) is 10.4. The zero-order chi connectivity index (χ0) is 13.7. The number of rotatable bonds is 6. The number of anilines is 1. The van der Waals surface area contributed by atoms with Crippen molar-refractivity contribution >= 4 is 17.3 Å². The fourth-order valence-electron chi connectivity index (χ4n) is 1.77. The maximum Gasteiger partial charge on any atom is 0.323 e. The van der Waals surface area contributed by atoms with Crippen molar-refractivity contribution in [1.82, 2.24) is 0 Å². The summed E-state index contributed by atoms with van der Waals surface area (Å²) >= 11 is 0. The van der Waals surface area contributed by atoms with Gasteiger partial charge in [0.05, 0.1) is 4.92 Å². The molecule has 0 aliphatic carbocycles. The average Bonchev–Trinajstić information content (AvgIpc) is 2.28. The lowest BCUT2D eigenvalue weighted by Gasteiger charge is -2.23. The highest BCUT2D eigenvalue weighted by Gasteiger charge is 2.15. The summed E-state index contributed by atoms with van der Waals surface area (Å²) in [6.07, 6.45) is 0.773. The van der Waals surface area contributed by atoms with Gasteiger partial charge in [0.2, 0.25) is 0 Å². The first-order chi connectivity index (χ1) is 8.45. The third-order valence-electron chi connectivity index (χ3n) is 2.56. The SMILES string of the molecule is CCCN(CC(=O)O)c1cc([N+](=O)[O-])ccc1C. The summed E-state index contributed by atoms with van der Waals surface area (Å²) in [5.41, 5.74) is 1.41. The van der Waals surface area contributed by atoms with Crippen molar-refractivity contribution < 1.29 is 14.8 Å². The number of nitro benzene ring substituents is 1. The van der Waals surface area contributed by atoms with Gasteiger partial charge in [-0.2, -0.15) is 0 Å². The van der Waals surface area contributed by atoms with Crippen molar-refractivity contribution in [3.8, 4) is 0 Å². The summed E-state index contributed by atoms with van der Waals surface area (Å²) in [6.45, 7) is 4.13. The number of nitrogens with zero attached hydrogens (tertiary/aromatic N) is 2. The minimum absolute atomic E-state index is 0.0258. The van der Waals surface area contributed by atoms with E-state index in [1.807, 2.05) is 13.8 Å². The third kappa shape index (κ3) is 3.44. The van der Waals surface area contributed by atoms with Crippen LogP contribution in [0, 0.1) is 17.0 Å². The van der Waals surface area contributed by atoms with E-state index in [-0.39, 0.29) is 12.2 Å². The van der Waals surface area contributed by atoms with Crippen LogP contribution in [0.15, 0.2) is 18.2 Å². The summed E-state index contributed by atoms with van der Waals surface area (Å²) in [5.74, 6) is -0.950. The quantitative estimate of drug-likeness (QED) is 0.619. The number of hydrogen-bond acceptors (Lipinski definition) is 4. The van der Waals surface area contributed by atoms with Crippen LogP contribution in [0.3, 0.4) is 0 Å². The van der Waals surface area contributed by atoms with Crippen LogP contribution in [-0.4, -0.2) is 29.1 Å². The highest BCUT2D eigenvalue weighted by atomic mass is 16.6. The summed E-state index contributed by atoms with van der Waals surface area (Å²) < 4.78 is 0. The molecule has 0 aliphatic heterocycles. The number of aryl methyl sites for hydroxylation is 1. The molecule has 1 N–H and O–H groups in total. The van der Waals surface area contributed by atoms with Crippen molar-refractivity contribution in [1.29, 1.82) is 0 Å². The van der Waals surface area contributed by atoms with E-state index < -0.39 is 10.9 Å². The molecule has 0 radical (unpaired) electrons. The number of hydrogen-bond donors (Lipinski definition) is 1. The molecule has 18 heavy (non-hydrogen) atoms. The number of carboxylic acid groups (broad SMARTS) is 1. The van der Waals surface area contributed by atoms with Crippen LogP contribution >= 0.6 is 0 Å². The molecule has 0 amide bonds. The number of carboxylic acids is 1. The first kappa shape index (κ1) is 14.0. The molecule has 1 aromatic rings. The van der Waals surface area contributed by atoms with Crippen molar-refractivity contribution in [2.24, 2.45) is 0 Å². The normalized spacial score (nSPS) is 10.1. The lowest BCUT2D eigenvalue weighted by atomic mass is 10.1. The molecule has 6 heteroatoms. The maximum absolute atomic E-state index is 10.8. The molecule has 98 valence electrons. The molecular formula is C12H16N2O4. The van der Waals surface area contributed by atoms with E-state index in [9.17, 15) is 14.9 Å². The van der Waals surface area contributed by atoms with Gasteiger partial charge in [-0.25, -0.2) is 0 Å². The lowest BCUT2D eigenvalue weighted by molar-refractivity contribution is -0.384. The Morgan fingerprint density at radius 1 is 1.50 bits per heavy atom. The molecule has 1 rings (SSSR count). The maximum atomic E-state index is 10.8. The number of non-ortho nitro benzene ring substituents is 1. The van der Waals surface area contributed by atoms with Gasteiger partial charge in [-0.3, -0.25) is 14.9 Å². The first-order valence-corrected chi connectivity index (χ1v) is 5.67. The molecule has 0 aromatic heterocycles. The molecule has 0 heterocycles. The molecule has 6 nitrogen and oxygen atoms in total. The Labute approximate surface area is 105 Å². The van der Waals surface area contributed by atoms with Gasteiger partial charge < -0.3 is 10.0 Å². The second kappa shape index (κ2) is 6.00. The molecular weight excluding hydrogens is 236 g/mol. The highest BCUT2D eigenvalue weighted by molar-refractivity contribution is 5.75. The van der Waals surface area contributed by atoms with Gasteiger partial charge in [0.1, 0.15) is 6.54 Å². The highest BCUT2D eigenvalue weighted by Crippen LogP contribution is 2.25. The van der Waals surface area contributed by atoms with E-state index in [0.717, 1.165) is 12.0 Å². The largest absolute Gasteiger partial charge is 0.480 e. The Balaban J connectivity index is 3.12. The molecule has 0 spiro atoms. The van der Waals surface area contributed by atoms with Gasteiger partial charge in [0.15, 0.2) is 0 Å². The van der Waals surface area contributed by atoms with E-state index in [1.54, 1.807) is 11.0 Å². The molecule has 0 fully saturated rings. The Morgan fingerprint density at radius 2 is 2.17 bits per heavy atom. The summed E-state index contributed by atoms with van der Waals surface area (Å²) in [7, 11) is 0. The number of benzene rings is 1. The van der Waals surface area contributed by atoms with Gasteiger partial charge in [-0.1, -0.05) is 13.0 Å². The van der Waals surface area contributed by atoms with Gasteiger partial charge in [-0.15, -0.1) is 0 Å². The topological polar surface area (TPSA) is 83.7 Å². The van der Waals surface area contributed by atoms with Gasteiger partial charge in [-0.05, 0) is 18.9 Å². The summed E-state index contributed by atoms with van der Waals surface area (Å²) in [5, 5.41) is 19.6. The summed E-state index contributed by atoms with van der Waals surface area (Å²) in [4.78, 5) is 22.7. The van der Waals surface area contributed by atoms with Crippen LogP contribution in [-0.2, 0) is 4.79 Å². The Hall–Kier alpha value is -2.11. The van der Waals surface area contributed by atoms with Crippen LogP contribution in [0.1, 0.15) is 18.9 Å². The Kier molecular flexibility index (Phi) is 4.65. The molecule has 0 aliphatic rings. The van der Waals surface area contributed by atoms with Crippen molar-refractivity contribution in [3.05, 3.63) is 33.9 Å². The Bertz CT molecular complexity index is 459. The minimum atomic E-state index is -0.950. The van der Waals surface area contributed by atoms with Crippen LogP contribution in [0.2, 0.25) is 0 Å². The van der Waals surface area contributed by atoms with Crippen LogP contribution in [0.25, 0.3) is 0 Å². The molecule has 0 unspecified atom stereocenters. The fraction of sp³-hybridized carbons (Fsp3) is 0.417. The number of aliphatic carboxylic acids is 1. The number of carbonyl (C=O) groups is 1. The van der Waals surface area contributed by atoms with Gasteiger partial charge >= 0.3 is 5.97 Å². The van der Waals surface area contributed by atoms with Crippen LogP contribution < -0.4 is 4.90 Å². The van der Waals surface area contributed by atoms with Crippen LogP contribution in [0.4, 0.5) is 11.4 Å². The van der Waals surface area contributed by atoms with E-state index in [4.69, 9.17) is 5.11 Å². The molecule has 0 saturated heterocycles. The molecule has 0 bridgehead atoms. The third-order valence-corrected chi connectivity index (χ3v) is 2.56. The van der Waals surface area contributed by atoms with Crippen molar-refractivity contribution in [2.45, 2.75) is 20.3 Å². The second-order valence-electron chi connectivity index (χ2n) is 4.04. The monoisotopic (exact) mass is 252 g/mol. The lowest BCUT2D eigenvalue weighted by Crippen LogP contribution is -2.30. The predicted molar refractivity (Wildman–Crippen MR) is 68.0 cm³/mol.